The van der Waals surface area contributed by atoms with E-state index in [0.29, 0.717) is 11.8 Å². The molecule has 0 amide bonds. The molecule has 1 N–H and O–H groups in total. The summed E-state index contributed by atoms with van der Waals surface area (Å²) in [6.45, 7) is 3.43. The predicted octanol–water partition coefficient (Wildman–Crippen LogP) is 3.33. The maximum Gasteiger partial charge on any atom is 0.128 e. The van der Waals surface area contributed by atoms with E-state index >= 15 is 0 Å². The van der Waals surface area contributed by atoms with Crippen molar-refractivity contribution in [1.29, 1.82) is 0 Å². The van der Waals surface area contributed by atoms with E-state index < -0.39 is 5.60 Å². The molecule has 2 nitrogen and oxygen atoms in total. The molecule has 3 aliphatic heterocycles. The zero-order valence-electron chi connectivity index (χ0n) is 12.1. The first-order valence-corrected chi connectivity index (χ1v) is 8.70. The summed E-state index contributed by atoms with van der Waals surface area (Å²) in [6.07, 6.45) is 2.45. The van der Waals surface area contributed by atoms with Gasteiger partial charge in [0.15, 0.2) is 0 Å². The quantitative estimate of drug-likeness (QED) is 0.940. The molecule has 1 aromatic heterocycles. The monoisotopic (exact) mass is 299 g/mol. The minimum absolute atomic E-state index is 0.307. The van der Waals surface area contributed by atoms with Gasteiger partial charge in [0.1, 0.15) is 5.60 Å². The fourth-order valence-corrected chi connectivity index (χ4v) is 5.07. The van der Waals surface area contributed by atoms with Gasteiger partial charge in [0.25, 0.3) is 0 Å². The van der Waals surface area contributed by atoms with E-state index in [1.54, 1.807) is 11.3 Å². The second-order valence-corrected chi connectivity index (χ2v) is 7.30. The third-order valence-corrected chi connectivity index (χ3v) is 6.30. The summed E-state index contributed by atoms with van der Waals surface area (Å²) in [7, 11) is 0. The van der Waals surface area contributed by atoms with Crippen molar-refractivity contribution in [2.45, 2.75) is 18.4 Å². The summed E-state index contributed by atoms with van der Waals surface area (Å²) in [5, 5.41) is 13.8. The van der Waals surface area contributed by atoms with E-state index in [4.69, 9.17) is 0 Å². The van der Waals surface area contributed by atoms with Crippen molar-refractivity contribution in [1.82, 2.24) is 4.90 Å². The number of piperidine rings is 3. The molecule has 110 valence electrons. The minimum atomic E-state index is -0.834. The van der Waals surface area contributed by atoms with Gasteiger partial charge in [-0.1, -0.05) is 36.4 Å². The van der Waals surface area contributed by atoms with E-state index in [0.717, 1.165) is 17.0 Å². The van der Waals surface area contributed by atoms with Gasteiger partial charge in [-0.15, -0.1) is 11.3 Å². The lowest BCUT2D eigenvalue weighted by molar-refractivity contribution is -0.0744. The van der Waals surface area contributed by atoms with Gasteiger partial charge in [-0.2, -0.15) is 0 Å². The normalized spacial score (nSPS) is 31.0. The highest BCUT2D eigenvalue weighted by molar-refractivity contribution is 7.10. The van der Waals surface area contributed by atoms with E-state index in [-0.39, 0.29) is 0 Å². The average molecular weight is 299 g/mol. The molecule has 3 fully saturated rings. The van der Waals surface area contributed by atoms with E-state index in [2.05, 4.69) is 34.5 Å². The van der Waals surface area contributed by atoms with Crippen LogP contribution in [0.4, 0.5) is 0 Å². The Balaban J connectivity index is 1.81. The second kappa shape index (κ2) is 5.24. The molecule has 0 saturated carbocycles. The summed E-state index contributed by atoms with van der Waals surface area (Å²) in [6, 6.07) is 14.4. The molecule has 0 spiro atoms. The third kappa shape index (κ3) is 2.15. The van der Waals surface area contributed by atoms with Crippen LogP contribution in [0.5, 0.6) is 0 Å². The number of rotatable bonds is 3. The van der Waals surface area contributed by atoms with Crippen LogP contribution in [-0.2, 0) is 5.60 Å². The minimum Gasteiger partial charge on any atom is -0.379 e. The van der Waals surface area contributed by atoms with Crippen molar-refractivity contribution in [3.8, 4) is 0 Å². The lowest BCUT2D eigenvalue weighted by Gasteiger charge is -2.51. The van der Waals surface area contributed by atoms with Gasteiger partial charge in [0.05, 0.1) is 0 Å². The zero-order chi connectivity index (χ0) is 14.3. The first-order valence-electron chi connectivity index (χ1n) is 7.82. The molecule has 2 atom stereocenters. The van der Waals surface area contributed by atoms with Crippen molar-refractivity contribution >= 4 is 11.3 Å². The Morgan fingerprint density at radius 2 is 1.81 bits per heavy atom. The topological polar surface area (TPSA) is 23.5 Å². The Morgan fingerprint density at radius 3 is 2.38 bits per heavy atom. The largest absolute Gasteiger partial charge is 0.379 e. The smallest absolute Gasteiger partial charge is 0.128 e. The van der Waals surface area contributed by atoms with E-state index in [1.165, 1.54) is 25.9 Å². The number of hydrogen-bond acceptors (Lipinski definition) is 3. The van der Waals surface area contributed by atoms with Crippen LogP contribution in [0.1, 0.15) is 23.3 Å². The molecule has 1 aromatic carbocycles. The number of fused-ring (bicyclic) bond motifs is 3. The van der Waals surface area contributed by atoms with Gasteiger partial charge in [-0.25, -0.2) is 0 Å². The molecular weight excluding hydrogens is 278 g/mol. The molecule has 0 unspecified atom stereocenters. The van der Waals surface area contributed by atoms with Crippen LogP contribution in [0.25, 0.3) is 0 Å². The Hall–Kier alpha value is -1.16. The predicted molar refractivity (Wildman–Crippen MR) is 86.4 cm³/mol. The molecule has 0 aliphatic carbocycles. The van der Waals surface area contributed by atoms with Crippen LogP contribution in [0.2, 0.25) is 0 Å². The Bertz CT molecular complexity index is 589. The van der Waals surface area contributed by atoms with Crippen molar-refractivity contribution in [3.05, 3.63) is 58.3 Å². The van der Waals surface area contributed by atoms with Crippen LogP contribution in [0.15, 0.2) is 47.8 Å². The molecule has 3 saturated heterocycles. The maximum atomic E-state index is 11.8. The van der Waals surface area contributed by atoms with Gasteiger partial charge >= 0.3 is 0 Å². The summed E-state index contributed by atoms with van der Waals surface area (Å²) < 4.78 is 0. The number of benzene rings is 1. The Labute approximate surface area is 130 Å². The fourth-order valence-electron chi connectivity index (χ4n) is 4.17. The van der Waals surface area contributed by atoms with Crippen molar-refractivity contribution in [2.75, 3.05) is 19.6 Å². The fraction of sp³-hybridized carbons (Fsp3) is 0.444. The molecular formula is C18H21NOS. The van der Waals surface area contributed by atoms with Crippen LogP contribution in [0, 0.1) is 11.8 Å². The number of nitrogens with zero attached hydrogens (tertiary/aromatic N) is 1. The third-order valence-electron chi connectivity index (χ3n) is 5.30. The van der Waals surface area contributed by atoms with Crippen LogP contribution in [-0.4, -0.2) is 29.6 Å². The maximum absolute atomic E-state index is 11.8. The summed E-state index contributed by atoms with van der Waals surface area (Å²) >= 11 is 1.68. The van der Waals surface area contributed by atoms with Gasteiger partial charge in [0, 0.05) is 17.3 Å². The molecule has 4 heterocycles. The Morgan fingerprint density at radius 1 is 1.05 bits per heavy atom. The number of thiophene rings is 1. The molecule has 21 heavy (non-hydrogen) atoms. The van der Waals surface area contributed by atoms with Gasteiger partial charge in [0.2, 0.25) is 0 Å². The molecule has 5 rings (SSSR count). The molecule has 0 radical (unpaired) electrons. The van der Waals surface area contributed by atoms with Gasteiger partial charge in [-0.3, -0.25) is 0 Å². The second-order valence-electron chi connectivity index (χ2n) is 6.35. The molecule has 3 aliphatic rings. The van der Waals surface area contributed by atoms with Crippen molar-refractivity contribution in [2.24, 2.45) is 11.8 Å². The molecule has 2 bridgehead atoms. The standard InChI is InChI=1S/C18H21NOS/c20-18(17-7-4-12-21-17,15-5-2-1-3-6-15)16-13-19-10-8-14(16)9-11-19/h1-7,12,14,16,20H,8-11,13H2/t16-,18+/m0/s1. The summed E-state index contributed by atoms with van der Waals surface area (Å²) in [5.41, 5.74) is 0.213. The lowest BCUT2D eigenvalue weighted by atomic mass is 9.67. The zero-order valence-corrected chi connectivity index (χ0v) is 12.9. The molecule has 3 heteroatoms. The summed E-state index contributed by atoms with van der Waals surface area (Å²) in [5.74, 6) is 0.948. The molecule has 2 aromatic rings. The first-order chi connectivity index (χ1) is 10.3. The number of hydrogen-bond donors (Lipinski definition) is 1. The van der Waals surface area contributed by atoms with Gasteiger partial charge in [-0.05, 0) is 48.9 Å². The van der Waals surface area contributed by atoms with Crippen LogP contribution < -0.4 is 0 Å². The van der Waals surface area contributed by atoms with Crippen molar-refractivity contribution < 1.29 is 5.11 Å². The van der Waals surface area contributed by atoms with E-state index in [9.17, 15) is 5.11 Å². The van der Waals surface area contributed by atoms with Crippen molar-refractivity contribution in [3.63, 3.8) is 0 Å². The van der Waals surface area contributed by atoms with Gasteiger partial charge < -0.3 is 10.0 Å². The SMILES string of the molecule is O[C@@](c1ccccc1)(c1cccs1)[C@H]1CN2CCC1CC2. The number of aliphatic hydroxyl groups is 1. The Kier molecular flexibility index (Phi) is 3.37. The highest BCUT2D eigenvalue weighted by Gasteiger charge is 2.49. The highest BCUT2D eigenvalue weighted by atomic mass is 32.1. The average Bonchev–Trinajstić information content (AvgIpc) is 3.11. The highest BCUT2D eigenvalue weighted by Crippen LogP contribution is 2.47. The lowest BCUT2D eigenvalue weighted by Crippen LogP contribution is -2.55. The summed E-state index contributed by atoms with van der Waals surface area (Å²) in [4.78, 5) is 3.61. The first kappa shape index (κ1) is 13.5. The van der Waals surface area contributed by atoms with E-state index in [1.807, 2.05) is 18.2 Å². The van der Waals surface area contributed by atoms with Crippen LogP contribution >= 0.6 is 11.3 Å². The van der Waals surface area contributed by atoms with Crippen LogP contribution in [0.3, 0.4) is 0 Å².